The molecule has 1 heterocycles. The third-order valence-electron chi connectivity index (χ3n) is 5.74. The highest BCUT2D eigenvalue weighted by Crippen LogP contribution is 2.42. The molecule has 0 saturated carbocycles. The topological polar surface area (TPSA) is 86.3 Å². The molecule has 0 aliphatic carbocycles. The SMILES string of the molecule is COc1cc(C(=O)NCCC2Cc3c(C)c(O)c(C)c(C)c3O2)cc(OC)c1OC. The average molecular weight is 415 g/mol. The van der Waals surface area contributed by atoms with Crippen molar-refractivity contribution in [3.63, 3.8) is 0 Å². The molecule has 0 spiro atoms. The van der Waals surface area contributed by atoms with E-state index in [1.807, 2.05) is 20.8 Å². The van der Waals surface area contributed by atoms with E-state index >= 15 is 0 Å². The lowest BCUT2D eigenvalue weighted by molar-refractivity contribution is 0.0947. The Labute approximate surface area is 176 Å². The zero-order chi connectivity index (χ0) is 22.0. The molecule has 30 heavy (non-hydrogen) atoms. The number of ether oxygens (including phenoxy) is 4. The third kappa shape index (κ3) is 3.84. The van der Waals surface area contributed by atoms with Crippen molar-refractivity contribution in [3.8, 4) is 28.7 Å². The van der Waals surface area contributed by atoms with Gasteiger partial charge in [0.15, 0.2) is 11.5 Å². The van der Waals surface area contributed by atoms with Crippen LogP contribution in [0.1, 0.15) is 39.0 Å². The quantitative estimate of drug-likeness (QED) is 0.720. The van der Waals surface area contributed by atoms with Crippen LogP contribution in [0.5, 0.6) is 28.7 Å². The van der Waals surface area contributed by atoms with Crippen molar-refractivity contribution in [1.82, 2.24) is 5.32 Å². The van der Waals surface area contributed by atoms with Crippen LogP contribution in [0.3, 0.4) is 0 Å². The molecule has 2 N–H and O–H groups in total. The Morgan fingerprint density at radius 2 is 1.70 bits per heavy atom. The highest BCUT2D eigenvalue weighted by molar-refractivity contribution is 5.95. The minimum Gasteiger partial charge on any atom is -0.507 e. The average Bonchev–Trinajstić information content (AvgIpc) is 3.19. The number of amides is 1. The number of rotatable bonds is 7. The Kier molecular flexibility index (Phi) is 6.29. The van der Waals surface area contributed by atoms with Gasteiger partial charge in [-0.1, -0.05) is 0 Å². The molecule has 1 unspecified atom stereocenters. The smallest absolute Gasteiger partial charge is 0.251 e. The third-order valence-corrected chi connectivity index (χ3v) is 5.74. The Morgan fingerprint density at radius 3 is 2.27 bits per heavy atom. The van der Waals surface area contributed by atoms with E-state index in [0.717, 1.165) is 34.4 Å². The maximum atomic E-state index is 12.6. The Hall–Kier alpha value is -3.09. The van der Waals surface area contributed by atoms with Gasteiger partial charge in [-0.2, -0.15) is 0 Å². The number of carbonyl (C=O) groups excluding carboxylic acids is 1. The molecule has 2 aromatic carbocycles. The molecule has 0 fully saturated rings. The molecular weight excluding hydrogens is 386 g/mol. The van der Waals surface area contributed by atoms with E-state index in [1.165, 1.54) is 21.3 Å². The number of hydrogen-bond donors (Lipinski definition) is 2. The van der Waals surface area contributed by atoms with Crippen molar-refractivity contribution in [1.29, 1.82) is 0 Å². The lowest BCUT2D eigenvalue weighted by atomic mass is 9.96. The Morgan fingerprint density at radius 1 is 1.07 bits per heavy atom. The van der Waals surface area contributed by atoms with Crippen molar-refractivity contribution in [2.45, 2.75) is 39.7 Å². The van der Waals surface area contributed by atoms with Gasteiger partial charge in [-0.15, -0.1) is 0 Å². The van der Waals surface area contributed by atoms with Crippen LogP contribution < -0.4 is 24.3 Å². The van der Waals surface area contributed by atoms with Crippen molar-refractivity contribution in [2.24, 2.45) is 0 Å². The van der Waals surface area contributed by atoms with Crippen LogP contribution in [-0.4, -0.2) is 45.0 Å². The number of methoxy groups -OCH3 is 3. The van der Waals surface area contributed by atoms with Gasteiger partial charge in [-0.05, 0) is 49.6 Å². The summed E-state index contributed by atoms with van der Waals surface area (Å²) in [5.41, 5.74) is 4.17. The van der Waals surface area contributed by atoms with E-state index in [4.69, 9.17) is 18.9 Å². The summed E-state index contributed by atoms with van der Waals surface area (Å²) >= 11 is 0. The Balaban J connectivity index is 1.64. The molecule has 2 aromatic rings. The van der Waals surface area contributed by atoms with Crippen LogP contribution in [0.25, 0.3) is 0 Å². The highest BCUT2D eigenvalue weighted by Gasteiger charge is 2.29. The van der Waals surface area contributed by atoms with E-state index in [-0.39, 0.29) is 12.0 Å². The summed E-state index contributed by atoms with van der Waals surface area (Å²) in [6.45, 7) is 6.23. The minimum absolute atomic E-state index is 0.0427. The van der Waals surface area contributed by atoms with E-state index in [9.17, 15) is 9.90 Å². The zero-order valence-electron chi connectivity index (χ0n) is 18.3. The molecule has 1 aliphatic rings. The summed E-state index contributed by atoms with van der Waals surface area (Å²) < 4.78 is 22.0. The van der Waals surface area contributed by atoms with Gasteiger partial charge < -0.3 is 29.4 Å². The first-order chi connectivity index (χ1) is 14.3. The molecule has 1 atom stereocenters. The maximum Gasteiger partial charge on any atom is 0.251 e. The largest absolute Gasteiger partial charge is 0.507 e. The fraction of sp³-hybridized carbons (Fsp3) is 0.435. The molecular formula is C23H29NO6. The maximum absolute atomic E-state index is 12.6. The van der Waals surface area contributed by atoms with E-state index in [0.29, 0.717) is 41.5 Å². The molecule has 162 valence electrons. The summed E-state index contributed by atoms with van der Waals surface area (Å²) in [7, 11) is 4.54. The number of aromatic hydroxyl groups is 1. The van der Waals surface area contributed by atoms with E-state index in [1.54, 1.807) is 12.1 Å². The second kappa shape index (κ2) is 8.73. The van der Waals surface area contributed by atoms with Crippen molar-refractivity contribution < 1.29 is 28.8 Å². The number of phenolic OH excluding ortho intramolecular Hbond substituents is 1. The minimum atomic E-state index is -0.231. The molecule has 0 saturated heterocycles. The van der Waals surface area contributed by atoms with Gasteiger partial charge in [-0.25, -0.2) is 0 Å². The van der Waals surface area contributed by atoms with Gasteiger partial charge in [-0.3, -0.25) is 4.79 Å². The van der Waals surface area contributed by atoms with Gasteiger partial charge in [0, 0.05) is 30.5 Å². The van der Waals surface area contributed by atoms with Crippen molar-refractivity contribution in [3.05, 3.63) is 39.9 Å². The Bertz CT molecular complexity index is 907. The fourth-order valence-corrected chi connectivity index (χ4v) is 3.83. The van der Waals surface area contributed by atoms with Gasteiger partial charge >= 0.3 is 0 Å². The van der Waals surface area contributed by atoms with E-state index < -0.39 is 0 Å². The van der Waals surface area contributed by atoms with Crippen LogP contribution in [-0.2, 0) is 6.42 Å². The summed E-state index contributed by atoms with van der Waals surface area (Å²) in [6.07, 6.45) is 1.33. The summed E-state index contributed by atoms with van der Waals surface area (Å²) in [5, 5.41) is 13.2. The van der Waals surface area contributed by atoms with Crippen LogP contribution in [0.4, 0.5) is 0 Å². The molecule has 0 radical (unpaired) electrons. The van der Waals surface area contributed by atoms with Gasteiger partial charge in [0.1, 0.15) is 17.6 Å². The number of carbonyl (C=O) groups is 1. The lowest BCUT2D eigenvalue weighted by Crippen LogP contribution is -2.28. The molecule has 1 aliphatic heterocycles. The van der Waals surface area contributed by atoms with Crippen LogP contribution >= 0.6 is 0 Å². The lowest BCUT2D eigenvalue weighted by Gasteiger charge is -2.15. The number of benzene rings is 2. The monoisotopic (exact) mass is 415 g/mol. The predicted molar refractivity (Wildman–Crippen MR) is 113 cm³/mol. The second-order valence-corrected chi connectivity index (χ2v) is 7.43. The van der Waals surface area contributed by atoms with Crippen LogP contribution in [0, 0.1) is 20.8 Å². The van der Waals surface area contributed by atoms with Crippen molar-refractivity contribution >= 4 is 5.91 Å². The number of hydrogen-bond acceptors (Lipinski definition) is 6. The predicted octanol–water partition coefficient (Wildman–Crippen LogP) is 3.47. The molecule has 0 bridgehead atoms. The second-order valence-electron chi connectivity index (χ2n) is 7.43. The summed E-state index contributed by atoms with van der Waals surface area (Å²) in [4.78, 5) is 12.6. The molecule has 7 nitrogen and oxygen atoms in total. The number of phenols is 1. The first-order valence-corrected chi connectivity index (χ1v) is 9.88. The molecule has 0 aromatic heterocycles. The van der Waals surface area contributed by atoms with Crippen LogP contribution in [0.2, 0.25) is 0 Å². The standard InChI is InChI=1S/C23H29NO6/c1-12-13(2)21-17(14(3)20(12)25)11-16(30-21)7-8-24-23(26)15-9-18(27-4)22(29-6)19(10-15)28-5/h9-10,16,25H,7-8,11H2,1-6H3,(H,24,26). The molecule has 1 amide bonds. The highest BCUT2D eigenvalue weighted by atomic mass is 16.5. The van der Waals surface area contributed by atoms with Gasteiger partial charge in [0.2, 0.25) is 5.75 Å². The van der Waals surface area contributed by atoms with Gasteiger partial charge in [0.05, 0.1) is 21.3 Å². The molecule has 3 rings (SSSR count). The van der Waals surface area contributed by atoms with E-state index in [2.05, 4.69) is 5.32 Å². The van der Waals surface area contributed by atoms with Crippen molar-refractivity contribution in [2.75, 3.05) is 27.9 Å². The first-order valence-electron chi connectivity index (χ1n) is 9.88. The zero-order valence-corrected chi connectivity index (χ0v) is 18.3. The van der Waals surface area contributed by atoms with Crippen LogP contribution in [0.15, 0.2) is 12.1 Å². The van der Waals surface area contributed by atoms with Gasteiger partial charge in [0.25, 0.3) is 5.91 Å². The molecule has 7 heteroatoms. The number of fused-ring (bicyclic) bond motifs is 1. The number of nitrogens with one attached hydrogen (secondary N) is 1. The summed E-state index contributed by atoms with van der Waals surface area (Å²) in [6, 6.07) is 3.24. The normalized spacial score (nSPS) is 14.7. The first kappa shape index (κ1) is 21.6. The summed E-state index contributed by atoms with van der Waals surface area (Å²) in [5.74, 6) is 2.27. The fourth-order valence-electron chi connectivity index (χ4n) is 3.83.